The van der Waals surface area contributed by atoms with Crippen LogP contribution in [0.2, 0.25) is 0 Å². The minimum Gasteiger partial charge on any atom is -0.371 e. The lowest BCUT2D eigenvalue weighted by Gasteiger charge is -2.37. The van der Waals surface area contributed by atoms with Crippen LogP contribution in [-0.2, 0) is 0 Å². The molecule has 0 amide bonds. The van der Waals surface area contributed by atoms with Gasteiger partial charge in [-0.25, -0.2) is 0 Å². The molecule has 1 N–H and O–H groups in total. The fraction of sp³-hybridized carbons (Fsp3) is 0.667. The number of benzene rings is 1. The van der Waals surface area contributed by atoms with Crippen molar-refractivity contribution in [1.82, 2.24) is 5.32 Å². The Labute approximate surface area is 124 Å². The van der Waals surface area contributed by atoms with Crippen molar-refractivity contribution < 1.29 is 0 Å². The maximum absolute atomic E-state index is 3.68. The number of hydrogen-bond donors (Lipinski definition) is 1. The maximum atomic E-state index is 3.68. The second-order valence-corrected chi connectivity index (χ2v) is 6.59. The predicted molar refractivity (Wildman–Crippen MR) is 88.4 cm³/mol. The average molecular weight is 274 g/mol. The Balaban J connectivity index is 2.06. The zero-order chi connectivity index (χ0) is 14.4. The van der Waals surface area contributed by atoms with E-state index in [1.165, 1.54) is 37.9 Å². The molecule has 0 aliphatic heterocycles. The highest BCUT2D eigenvalue weighted by Gasteiger charge is 2.35. The van der Waals surface area contributed by atoms with Gasteiger partial charge in [0.2, 0.25) is 0 Å². The summed E-state index contributed by atoms with van der Waals surface area (Å²) in [7, 11) is 0. The summed E-state index contributed by atoms with van der Waals surface area (Å²) in [5.74, 6) is 0. The average Bonchev–Trinajstić information content (AvgIpc) is 2.93. The first kappa shape index (κ1) is 15.4. The highest BCUT2D eigenvalue weighted by atomic mass is 15.1. The molecule has 0 saturated heterocycles. The van der Waals surface area contributed by atoms with Gasteiger partial charge in [0, 0.05) is 36.8 Å². The highest BCUT2D eigenvalue weighted by Crippen LogP contribution is 2.39. The zero-order valence-electron chi connectivity index (χ0n) is 13.4. The van der Waals surface area contributed by atoms with Crippen LogP contribution in [0.3, 0.4) is 0 Å². The van der Waals surface area contributed by atoms with E-state index in [0.29, 0.717) is 11.5 Å². The van der Waals surface area contributed by atoms with Crippen molar-refractivity contribution in [1.29, 1.82) is 0 Å². The fourth-order valence-corrected chi connectivity index (χ4v) is 3.37. The fourth-order valence-electron chi connectivity index (χ4n) is 3.37. The van der Waals surface area contributed by atoms with E-state index in [-0.39, 0.29) is 0 Å². The van der Waals surface area contributed by atoms with Crippen LogP contribution < -0.4 is 10.2 Å². The Morgan fingerprint density at radius 2 is 1.80 bits per heavy atom. The molecule has 2 heteroatoms. The molecule has 2 rings (SSSR count). The van der Waals surface area contributed by atoms with Crippen LogP contribution in [0.15, 0.2) is 30.3 Å². The molecule has 1 aromatic rings. The van der Waals surface area contributed by atoms with Gasteiger partial charge in [-0.2, -0.15) is 0 Å². The van der Waals surface area contributed by atoms with Gasteiger partial charge in [0.15, 0.2) is 0 Å². The predicted octanol–water partition coefficient (Wildman–Crippen LogP) is 4.07. The van der Waals surface area contributed by atoms with E-state index in [9.17, 15) is 0 Å². The molecule has 2 nitrogen and oxygen atoms in total. The third kappa shape index (κ3) is 3.99. The molecule has 0 atom stereocenters. The first-order valence-corrected chi connectivity index (χ1v) is 8.18. The van der Waals surface area contributed by atoms with Crippen LogP contribution in [0, 0.1) is 5.41 Å². The first-order valence-electron chi connectivity index (χ1n) is 8.18. The lowest BCUT2D eigenvalue weighted by molar-refractivity contribution is 0.275. The second-order valence-electron chi connectivity index (χ2n) is 6.59. The number of rotatable bonds is 7. The van der Waals surface area contributed by atoms with Crippen molar-refractivity contribution in [3.05, 3.63) is 30.3 Å². The van der Waals surface area contributed by atoms with E-state index in [0.717, 1.165) is 13.1 Å². The number of nitrogens with one attached hydrogen (secondary N) is 1. The van der Waals surface area contributed by atoms with Crippen LogP contribution in [0.5, 0.6) is 0 Å². The van der Waals surface area contributed by atoms with Gasteiger partial charge in [-0.05, 0) is 31.9 Å². The molecule has 112 valence electrons. The Kier molecular flexibility index (Phi) is 5.47. The normalized spacial score (nSPS) is 17.6. The van der Waals surface area contributed by atoms with Crippen LogP contribution >= 0.6 is 0 Å². The molecule has 0 heterocycles. The van der Waals surface area contributed by atoms with E-state index in [1.807, 2.05) is 0 Å². The third-order valence-corrected chi connectivity index (χ3v) is 4.58. The van der Waals surface area contributed by atoms with Crippen molar-refractivity contribution in [3.8, 4) is 0 Å². The van der Waals surface area contributed by atoms with Crippen molar-refractivity contribution in [2.24, 2.45) is 5.41 Å². The summed E-state index contributed by atoms with van der Waals surface area (Å²) >= 11 is 0. The van der Waals surface area contributed by atoms with Crippen molar-refractivity contribution in [2.75, 3.05) is 24.5 Å². The Morgan fingerprint density at radius 3 is 2.35 bits per heavy atom. The molecule has 1 aromatic carbocycles. The molecule has 1 saturated carbocycles. The highest BCUT2D eigenvalue weighted by molar-refractivity contribution is 5.46. The van der Waals surface area contributed by atoms with Gasteiger partial charge in [-0.15, -0.1) is 0 Å². The van der Waals surface area contributed by atoms with Gasteiger partial charge in [-0.1, -0.05) is 44.9 Å². The van der Waals surface area contributed by atoms with Crippen LogP contribution in [0.1, 0.15) is 46.5 Å². The lowest BCUT2D eigenvalue weighted by Crippen LogP contribution is -2.44. The second kappa shape index (κ2) is 7.12. The molecule has 1 aliphatic rings. The number of hydrogen-bond acceptors (Lipinski definition) is 2. The van der Waals surface area contributed by atoms with Crippen LogP contribution in [-0.4, -0.2) is 25.7 Å². The summed E-state index contributed by atoms with van der Waals surface area (Å²) in [4.78, 5) is 2.55. The SMILES string of the molecule is CCN(CC1(CNC(C)C)CCCC1)c1ccccc1. The quantitative estimate of drug-likeness (QED) is 0.806. The Hall–Kier alpha value is -1.02. The van der Waals surface area contributed by atoms with Crippen molar-refractivity contribution in [3.63, 3.8) is 0 Å². The minimum atomic E-state index is 0.468. The molecule has 0 spiro atoms. The summed E-state index contributed by atoms with van der Waals surface area (Å²) in [6, 6.07) is 11.4. The van der Waals surface area contributed by atoms with Crippen molar-refractivity contribution >= 4 is 5.69 Å². The van der Waals surface area contributed by atoms with E-state index in [4.69, 9.17) is 0 Å². The molecular formula is C18H30N2. The van der Waals surface area contributed by atoms with E-state index in [1.54, 1.807) is 0 Å². The summed E-state index contributed by atoms with van der Waals surface area (Å²) in [6.45, 7) is 10.2. The molecule has 0 aromatic heterocycles. The zero-order valence-corrected chi connectivity index (χ0v) is 13.4. The molecule has 0 bridgehead atoms. The topological polar surface area (TPSA) is 15.3 Å². The number of para-hydroxylation sites is 1. The van der Waals surface area contributed by atoms with E-state index < -0.39 is 0 Å². The van der Waals surface area contributed by atoms with Gasteiger partial charge >= 0.3 is 0 Å². The summed E-state index contributed by atoms with van der Waals surface area (Å²) in [6.07, 6.45) is 5.53. The standard InChI is InChI=1S/C18H30N2/c1-4-20(17-10-6-5-7-11-17)15-18(12-8-9-13-18)14-19-16(2)3/h5-7,10-11,16,19H,4,8-9,12-15H2,1-3H3. The minimum absolute atomic E-state index is 0.468. The third-order valence-electron chi connectivity index (χ3n) is 4.58. The first-order chi connectivity index (χ1) is 9.65. The van der Waals surface area contributed by atoms with Gasteiger partial charge < -0.3 is 10.2 Å². The van der Waals surface area contributed by atoms with Gasteiger partial charge in [0.1, 0.15) is 0 Å². The van der Waals surface area contributed by atoms with Crippen molar-refractivity contribution in [2.45, 2.75) is 52.5 Å². The largest absolute Gasteiger partial charge is 0.371 e. The summed E-state index contributed by atoms with van der Waals surface area (Å²) in [5.41, 5.74) is 1.83. The monoisotopic (exact) mass is 274 g/mol. The Bertz CT molecular complexity index is 380. The maximum Gasteiger partial charge on any atom is 0.0366 e. The molecule has 0 radical (unpaired) electrons. The molecule has 1 fully saturated rings. The Morgan fingerprint density at radius 1 is 1.15 bits per heavy atom. The van der Waals surface area contributed by atoms with Crippen LogP contribution in [0.4, 0.5) is 5.69 Å². The van der Waals surface area contributed by atoms with Gasteiger partial charge in [0.05, 0.1) is 0 Å². The molecular weight excluding hydrogens is 244 g/mol. The van der Waals surface area contributed by atoms with Gasteiger partial charge in [-0.3, -0.25) is 0 Å². The van der Waals surface area contributed by atoms with Crippen LogP contribution in [0.25, 0.3) is 0 Å². The van der Waals surface area contributed by atoms with E-state index in [2.05, 4.69) is 61.3 Å². The number of anilines is 1. The smallest absolute Gasteiger partial charge is 0.0366 e. The summed E-state index contributed by atoms with van der Waals surface area (Å²) < 4.78 is 0. The lowest BCUT2D eigenvalue weighted by atomic mass is 9.85. The van der Waals surface area contributed by atoms with Gasteiger partial charge in [0.25, 0.3) is 0 Å². The molecule has 20 heavy (non-hydrogen) atoms. The molecule has 1 aliphatic carbocycles. The number of nitrogens with zero attached hydrogens (tertiary/aromatic N) is 1. The summed E-state index contributed by atoms with van der Waals surface area (Å²) in [5, 5.41) is 3.68. The van der Waals surface area contributed by atoms with E-state index >= 15 is 0 Å². The molecule has 0 unspecified atom stereocenters.